The molecule has 1 saturated heterocycles. The average Bonchev–Trinajstić information content (AvgIpc) is 3.11. The molecule has 1 aliphatic heterocycles. The molecule has 1 aliphatic rings. The number of piperidine rings is 1. The van der Waals surface area contributed by atoms with Gasteiger partial charge in [0.2, 0.25) is 15.9 Å². The summed E-state index contributed by atoms with van der Waals surface area (Å²) in [7, 11) is -3.79. The molecule has 6 nitrogen and oxygen atoms in total. The molecular formula is C20H19ClFN3O3S2. The van der Waals surface area contributed by atoms with E-state index in [2.05, 4.69) is 10.3 Å². The number of carbonyl (C=O) groups is 1. The van der Waals surface area contributed by atoms with Gasteiger partial charge in [0.1, 0.15) is 5.82 Å². The molecule has 1 fully saturated rings. The van der Waals surface area contributed by atoms with Gasteiger partial charge in [-0.15, -0.1) is 0 Å². The molecule has 2 aromatic carbocycles. The van der Waals surface area contributed by atoms with Crippen LogP contribution in [-0.2, 0) is 14.8 Å². The van der Waals surface area contributed by atoms with Crippen molar-refractivity contribution in [1.82, 2.24) is 9.29 Å². The summed E-state index contributed by atoms with van der Waals surface area (Å²) in [4.78, 5) is 17.3. The van der Waals surface area contributed by atoms with Gasteiger partial charge in [0.25, 0.3) is 0 Å². The van der Waals surface area contributed by atoms with Crippen molar-refractivity contribution in [2.45, 2.75) is 24.7 Å². The highest BCUT2D eigenvalue weighted by molar-refractivity contribution is 7.89. The Morgan fingerprint density at radius 2 is 2.03 bits per heavy atom. The molecule has 0 aliphatic carbocycles. The van der Waals surface area contributed by atoms with Gasteiger partial charge in [-0.05, 0) is 61.7 Å². The van der Waals surface area contributed by atoms with E-state index in [9.17, 15) is 17.6 Å². The topological polar surface area (TPSA) is 79.4 Å². The van der Waals surface area contributed by atoms with Crippen LogP contribution in [0.15, 0.2) is 41.3 Å². The third kappa shape index (κ3) is 4.20. The van der Waals surface area contributed by atoms with Crippen LogP contribution in [0.2, 0.25) is 5.02 Å². The molecule has 2 heterocycles. The van der Waals surface area contributed by atoms with Gasteiger partial charge in [-0.1, -0.05) is 22.9 Å². The molecule has 0 bridgehead atoms. The molecule has 1 amide bonds. The SMILES string of the molecule is Cc1cc(Cl)cc2sc(NC(=O)C3CCCN(S(=O)(=O)c4ccc(F)cc4)C3)nc12. The molecule has 1 N–H and O–H groups in total. The van der Waals surface area contributed by atoms with Crippen LogP contribution in [0, 0.1) is 18.7 Å². The van der Waals surface area contributed by atoms with Crippen molar-refractivity contribution in [3.8, 4) is 0 Å². The fourth-order valence-corrected chi connectivity index (χ4v) is 6.39. The van der Waals surface area contributed by atoms with Gasteiger partial charge in [-0.2, -0.15) is 4.31 Å². The Balaban J connectivity index is 1.50. The highest BCUT2D eigenvalue weighted by Crippen LogP contribution is 2.32. The molecule has 3 aromatic rings. The van der Waals surface area contributed by atoms with Crippen molar-refractivity contribution in [2.75, 3.05) is 18.4 Å². The van der Waals surface area contributed by atoms with Crippen LogP contribution in [0.3, 0.4) is 0 Å². The Labute approximate surface area is 182 Å². The fraction of sp³-hybridized carbons (Fsp3) is 0.300. The van der Waals surface area contributed by atoms with Gasteiger partial charge in [0, 0.05) is 18.1 Å². The van der Waals surface area contributed by atoms with Gasteiger partial charge in [-0.3, -0.25) is 4.79 Å². The third-order valence-electron chi connectivity index (χ3n) is 5.09. The number of hydrogen-bond acceptors (Lipinski definition) is 5. The van der Waals surface area contributed by atoms with E-state index in [1.807, 2.05) is 13.0 Å². The minimum absolute atomic E-state index is 0.0171. The second-order valence-corrected chi connectivity index (χ2v) is 10.6. The van der Waals surface area contributed by atoms with E-state index in [0.29, 0.717) is 29.5 Å². The Hall–Kier alpha value is -2.07. The van der Waals surface area contributed by atoms with Crippen LogP contribution < -0.4 is 5.32 Å². The molecule has 30 heavy (non-hydrogen) atoms. The van der Waals surface area contributed by atoms with E-state index in [-0.39, 0.29) is 17.3 Å². The Kier molecular flexibility index (Phi) is 5.80. The highest BCUT2D eigenvalue weighted by atomic mass is 35.5. The predicted octanol–water partition coefficient (Wildman–Crippen LogP) is 4.44. The lowest BCUT2D eigenvalue weighted by Crippen LogP contribution is -2.43. The van der Waals surface area contributed by atoms with Crippen molar-refractivity contribution in [2.24, 2.45) is 5.92 Å². The van der Waals surface area contributed by atoms with Gasteiger partial charge in [0.15, 0.2) is 5.13 Å². The quantitative estimate of drug-likeness (QED) is 0.615. The van der Waals surface area contributed by atoms with Crippen LogP contribution in [0.4, 0.5) is 9.52 Å². The number of hydrogen-bond donors (Lipinski definition) is 1. The number of aromatic nitrogens is 1. The summed E-state index contributed by atoms with van der Waals surface area (Å²) in [6.45, 7) is 2.29. The molecule has 1 aromatic heterocycles. The predicted molar refractivity (Wildman–Crippen MR) is 116 cm³/mol. The maximum Gasteiger partial charge on any atom is 0.243 e. The maximum absolute atomic E-state index is 13.1. The Morgan fingerprint density at radius 3 is 2.77 bits per heavy atom. The minimum Gasteiger partial charge on any atom is -0.302 e. The number of rotatable bonds is 4. The number of amides is 1. The van der Waals surface area contributed by atoms with E-state index in [4.69, 9.17) is 11.6 Å². The minimum atomic E-state index is -3.79. The number of sulfonamides is 1. The fourth-order valence-electron chi connectivity index (χ4n) is 3.55. The number of aryl methyl sites for hydroxylation is 1. The summed E-state index contributed by atoms with van der Waals surface area (Å²) in [6.07, 6.45) is 1.14. The average molecular weight is 468 g/mol. The molecule has 0 spiro atoms. The summed E-state index contributed by atoms with van der Waals surface area (Å²) < 4.78 is 41.0. The number of benzene rings is 2. The molecule has 4 rings (SSSR count). The third-order valence-corrected chi connectivity index (χ3v) is 8.10. The summed E-state index contributed by atoms with van der Waals surface area (Å²) in [5.74, 6) is -1.26. The number of thiazole rings is 1. The standard InChI is InChI=1S/C20H19ClFN3O3S2/c1-12-9-14(21)10-17-18(12)23-20(29-17)24-19(26)13-3-2-8-25(11-13)30(27,28)16-6-4-15(22)5-7-16/h4-7,9-10,13H,2-3,8,11H2,1H3,(H,23,24,26). The normalized spacial score (nSPS) is 17.9. The number of nitrogens with one attached hydrogen (secondary N) is 1. The van der Waals surface area contributed by atoms with Gasteiger partial charge < -0.3 is 5.32 Å². The van der Waals surface area contributed by atoms with Gasteiger partial charge in [-0.25, -0.2) is 17.8 Å². The van der Waals surface area contributed by atoms with E-state index in [0.717, 1.165) is 27.9 Å². The van der Waals surface area contributed by atoms with Crippen LogP contribution in [0.1, 0.15) is 18.4 Å². The first kappa shape index (κ1) is 21.2. The molecule has 158 valence electrons. The monoisotopic (exact) mass is 467 g/mol. The zero-order valence-corrected chi connectivity index (χ0v) is 18.5. The van der Waals surface area contributed by atoms with Crippen LogP contribution in [0.25, 0.3) is 10.2 Å². The van der Waals surface area contributed by atoms with Crippen LogP contribution in [-0.4, -0.2) is 36.7 Å². The largest absolute Gasteiger partial charge is 0.302 e. The molecule has 1 unspecified atom stereocenters. The first-order valence-electron chi connectivity index (χ1n) is 9.37. The molecule has 1 atom stereocenters. The Bertz CT molecular complexity index is 1210. The van der Waals surface area contributed by atoms with Crippen molar-refractivity contribution in [1.29, 1.82) is 0 Å². The lowest BCUT2D eigenvalue weighted by Gasteiger charge is -2.31. The van der Waals surface area contributed by atoms with Crippen molar-refractivity contribution in [3.63, 3.8) is 0 Å². The zero-order chi connectivity index (χ0) is 21.5. The smallest absolute Gasteiger partial charge is 0.243 e. The summed E-state index contributed by atoms with van der Waals surface area (Å²) in [6, 6.07) is 8.32. The van der Waals surface area contributed by atoms with Gasteiger partial charge in [0.05, 0.1) is 21.0 Å². The number of halogens is 2. The molecule has 0 saturated carbocycles. The summed E-state index contributed by atoms with van der Waals surface area (Å²) in [5, 5.41) is 3.89. The lowest BCUT2D eigenvalue weighted by molar-refractivity contribution is -0.120. The van der Waals surface area contributed by atoms with E-state index < -0.39 is 21.8 Å². The van der Waals surface area contributed by atoms with E-state index >= 15 is 0 Å². The second kappa shape index (κ2) is 8.22. The Morgan fingerprint density at radius 1 is 1.30 bits per heavy atom. The molecule has 10 heteroatoms. The molecule has 0 radical (unpaired) electrons. The van der Waals surface area contributed by atoms with E-state index in [1.165, 1.54) is 27.8 Å². The summed E-state index contributed by atoms with van der Waals surface area (Å²) >= 11 is 7.41. The van der Waals surface area contributed by atoms with Crippen LogP contribution in [0.5, 0.6) is 0 Å². The van der Waals surface area contributed by atoms with E-state index in [1.54, 1.807) is 6.07 Å². The molecular weight excluding hydrogens is 449 g/mol. The van der Waals surface area contributed by atoms with Crippen LogP contribution >= 0.6 is 22.9 Å². The van der Waals surface area contributed by atoms with Crippen molar-refractivity contribution >= 4 is 54.2 Å². The first-order valence-corrected chi connectivity index (χ1v) is 12.0. The first-order chi connectivity index (χ1) is 14.2. The lowest BCUT2D eigenvalue weighted by atomic mass is 9.99. The summed E-state index contributed by atoms with van der Waals surface area (Å²) in [5.41, 5.74) is 1.70. The van der Waals surface area contributed by atoms with Crippen molar-refractivity contribution in [3.05, 3.63) is 52.8 Å². The van der Waals surface area contributed by atoms with Gasteiger partial charge >= 0.3 is 0 Å². The number of nitrogens with zero attached hydrogens (tertiary/aromatic N) is 2. The number of carbonyl (C=O) groups excluding carboxylic acids is 1. The second-order valence-electron chi connectivity index (χ2n) is 7.23. The highest BCUT2D eigenvalue weighted by Gasteiger charge is 2.33. The van der Waals surface area contributed by atoms with Crippen molar-refractivity contribution < 1.29 is 17.6 Å². The maximum atomic E-state index is 13.1. The number of fused-ring (bicyclic) bond motifs is 1. The zero-order valence-electron chi connectivity index (χ0n) is 16.1. The number of anilines is 1.